The van der Waals surface area contributed by atoms with Crippen LogP contribution in [0.5, 0.6) is 17.2 Å². The highest BCUT2D eigenvalue weighted by atomic mass is 16.5. The number of fused-ring (bicyclic) bond motifs is 4. The van der Waals surface area contributed by atoms with E-state index in [1.807, 2.05) is 79.7 Å². The van der Waals surface area contributed by atoms with Crippen LogP contribution < -0.4 is 24.4 Å². The lowest BCUT2D eigenvalue weighted by molar-refractivity contribution is 0.350. The Morgan fingerprint density at radius 2 is 1.65 bits per heavy atom. The first-order valence-electron chi connectivity index (χ1n) is 13.8. The van der Waals surface area contributed by atoms with Crippen molar-refractivity contribution >= 4 is 34.6 Å². The third-order valence-corrected chi connectivity index (χ3v) is 7.57. The number of ether oxygens (including phenoxy) is 3. The van der Waals surface area contributed by atoms with Crippen molar-refractivity contribution < 1.29 is 14.2 Å². The van der Waals surface area contributed by atoms with Crippen molar-refractivity contribution in [1.29, 1.82) is 0 Å². The second-order valence-electron chi connectivity index (χ2n) is 10.0. The first-order chi connectivity index (χ1) is 21.1. The van der Waals surface area contributed by atoms with Crippen LogP contribution in [-0.4, -0.2) is 47.8 Å². The number of anilines is 2. The molecule has 3 aromatic carbocycles. The van der Waals surface area contributed by atoms with Crippen LogP contribution in [0.4, 0.5) is 22.9 Å². The van der Waals surface area contributed by atoms with E-state index in [1.54, 1.807) is 32.2 Å². The summed E-state index contributed by atoms with van der Waals surface area (Å²) in [6, 6.07) is 27.0. The molecule has 7 rings (SSSR count). The summed E-state index contributed by atoms with van der Waals surface area (Å²) in [6.07, 6.45) is 1.75. The van der Waals surface area contributed by atoms with Gasteiger partial charge in [0.15, 0.2) is 34.8 Å². The zero-order valence-electron chi connectivity index (χ0n) is 24.1. The molecular formula is C33H29N7O3. The van der Waals surface area contributed by atoms with E-state index in [0.717, 1.165) is 39.6 Å². The Balaban J connectivity index is 1.52. The summed E-state index contributed by atoms with van der Waals surface area (Å²) in [5.74, 6) is 4.53. The highest BCUT2D eigenvalue weighted by Crippen LogP contribution is 2.51. The quantitative estimate of drug-likeness (QED) is 0.252. The van der Waals surface area contributed by atoms with E-state index in [4.69, 9.17) is 29.3 Å². The Morgan fingerprint density at radius 3 is 2.44 bits per heavy atom. The monoisotopic (exact) mass is 571 g/mol. The van der Waals surface area contributed by atoms with Crippen LogP contribution in [0.1, 0.15) is 22.9 Å². The van der Waals surface area contributed by atoms with E-state index < -0.39 is 0 Å². The average Bonchev–Trinajstić information content (AvgIpc) is 3.39. The van der Waals surface area contributed by atoms with Gasteiger partial charge >= 0.3 is 0 Å². The summed E-state index contributed by atoms with van der Waals surface area (Å²) >= 11 is 0. The predicted octanol–water partition coefficient (Wildman–Crippen LogP) is 6.40. The number of rotatable bonds is 6. The normalized spacial score (nSPS) is 15.0. The van der Waals surface area contributed by atoms with Crippen molar-refractivity contribution in [2.24, 2.45) is 9.98 Å². The van der Waals surface area contributed by atoms with Gasteiger partial charge in [0.1, 0.15) is 5.75 Å². The molecule has 10 nitrogen and oxygen atoms in total. The molecule has 0 spiro atoms. The number of aromatic nitrogens is 3. The lowest BCUT2D eigenvalue weighted by Crippen LogP contribution is -2.46. The Bertz CT molecular complexity index is 1900. The first-order valence-corrected chi connectivity index (χ1v) is 13.8. The first kappa shape index (κ1) is 26.3. The molecule has 0 radical (unpaired) electrons. The highest BCUT2D eigenvalue weighted by Gasteiger charge is 2.43. The maximum absolute atomic E-state index is 5.99. The third kappa shape index (κ3) is 4.35. The fraction of sp³-hybridized carbons (Fsp3) is 0.152. The molecule has 2 aliphatic rings. The van der Waals surface area contributed by atoms with Gasteiger partial charge in [0, 0.05) is 29.1 Å². The molecule has 2 aliphatic heterocycles. The molecule has 4 heterocycles. The van der Waals surface area contributed by atoms with Crippen molar-refractivity contribution in [3.05, 3.63) is 108 Å². The maximum atomic E-state index is 5.99. The van der Waals surface area contributed by atoms with Gasteiger partial charge < -0.3 is 24.4 Å². The van der Waals surface area contributed by atoms with Gasteiger partial charge in [0.2, 0.25) is 0 Å². The molecule has 0 fully saturated rings. The van der Waals surface area contributed by atoms with Gasteiger partial charge in [-0.1, -0.05) is 36.4 Å². The van der Waals surface area contributed by atoms with E-state index in [9.17, 15) is 0 Å². The van der Waals surface area contributed by atoms with Gasteiger partial charge in [-0.3, -0.25) is 0 Å². The molecule has 5 aromatic rings. The Morgan fingerprint density at radius 1 is 0.814 bits per heavy atom. The number of aryl methyl sites for hydroxylation is 1. The molecule has 0 aliphatic carbocycles. The molecule has 0 unspecified atom stereocenters. The molecule has 0 saturated carbocycles. The van der Waals surface area contributed by atoms with Crippen molar-refractivity contribution in [3.63, 3.8) is 0 Å². The van der Waals surface area contributed by atoms with Crippen molar-refractivity contribution in [1.82, 2.24) is 14.8 Å². The lowest BCUT2D eigenvalue weighted by atomic mass is 9.92. The largest absolute Gasteiger partial charge is 0.497 e. The minimum Gasteiger partial charge on any atom is -0.497 e. The fourth-order valence-electron chi connectivity index (χ4n) is 5.70. The standard InChI is InChI=1S/C33H29N7O3/c1-20-28-29(23-13-10-16-26(42-3)30(23)43-4)39-25-15-6-5-14-24(25)36-31(35-21-11-9-12-22(19-21)41-2)33(39)37-32(28)40(38-20)27-17-7-8-18-34-27/h5-19,29H,1-4H3,(H,35,36)/t29-/m1/s1. The van der Waals surface area contributed by atoms with Gasteiger partial charge in [-0.15, -0.1) is 0 Å². The van der Waals surface area contributed by atoms with Gasteiger partial charge in [0.25, 0.3) is 0 Å². The third-order valence-electron chi connectivity index (χ3n) is 7.57. The Kier molecular flexibility index (Phi) is 6.50. The number of amidine groups is 2. The number of hydrogen-bond acceptors (Lipinski definition) is 9. The Labute approximate surface area is 248 Å². The smallest absolute Gasteiger partial charge is 0.179 e. The minimum atomic E-state index is -0.385. The van der Waals surface area contributed by atoms with Crippen molar-refractivity contribution in [3.8, 4) is 23.1 Å². The molecule has 214 valence electrons. The number of nitrogens with one attached hydrogen (secondary N) is 1. The summed E-state index contributed by atoms with van der Waals surface area (Å²) in [5, 5.41) is 8.47. The van der Waals surface area contributed by atoms with E-state index in [-0.39, 0.29) is 6.04 Å². The number of methoxy groups -OCH3 is 3. The summed E-state index contributed by atoms with van der Waals surface area (Å²) in [5.41, 5.74) is 5.17. The minimum absolute atomic E-state index is 0.385. The van der Waals surface area contributed by atoms with Crippen molar-refractivity contribution in [2.75, 3.05) is 31.5 Å². The van der Waals surface area contributed by atoms with Gasteiger partial charge in [-0.25, -0.2) is 15.0 Å². The molecule has 0 amide bonds. The maximum Gasteiger partial charge on any atom is 0.179 e. The molecular weight excluding hydrogens is 542 g/mol. The van der Waals surface area contributed by atoms with Crippen LogP contribution in [0.25, 0.3) is 5.82 Å². The summed E-state index contributed by atoms with van der Waals surface area (Å²) in [6.45, 7) is 2.00. The SMILES string of the molecule is COc1cccc(NC2=Nc3ccccc3N3C2=Nc2c(c(C)nn2-c2ccccn2)[C@H]3c2cccc(OC)c2OC)c1. The molecule has 2 aromatic heterocycles. The molecule has 10 heteroatoms. The number of aliphatic imine (C=N–C) groups is 2. The van der Waals surface area contributed by atoms with Crippen LogP contribution >= 0.6 is 0 Å². The lowest BCUT2D eigenvalue weighted by Gasteiger charge is -2.41. The van der Waals surface area contributed by atoms with Crippen LogP contribution in [0, 0.1) is 6.92 Å². The molecule has 0 saturated heterocycles. The van der Waals surface area contributed by atoms with Crippen LogP contribution in [-0.2, 0) is 0 Å². The number of nitrogens with zero attached hydrogens (tertiary/aromatic N) is 6. The topological polar surface area (TPSA) is 98.4 Å². The number of hydrogen-bond donors (Lipinski definition) is 1. The van der Waals surface area contributed by atoms with E-state index >= 15 is 0 Å². The van der Waals surface area contributed by atoms with Crippen LogP contribution in [0.15, 0.2) is 101 Å². The molecule has 1 N–H and O–H groups in total. The second-order valence-corrected chi connectivity index (χ2v) is 10.0. The zero-order valence-corrected chi connectivity index (χ0v) is 24.1. The predicted molar refractivity (Wildman–Crippen MR) is 167 cm³/mol. The zero-order chi connectivity index (χ0) is 29.5. The number of benzene rings is 3. The molecule has 1 atom stereocenters. The highest BCUT2D eigenvalue weighted by molar-refractivity contribution is 6.51. The summed E-state index contributed by atoms with van der Waals surface area (Å²) in [7, 11) is 4.95. The summed E-state index contributed by atoms with van der Waals surface area (Å²) < 4.78 is 19.0. The van der Waals surface area contributed by atoms with Gasteiger partial charge in [-0.05, 0) is 49.4 Å². The molecule has 0 bridgehead atoms. The summed E-state index contributed by atoms with van der Waals surface area (Å²) in [4.78, 5) is 17.1. The average molecular weight is 572 g/mol. The fourth-order valence-corrected chi connectivity index (χ4v) is 5.70. The van der Waals surface area contributed by atoms with Crippen molar-refractivity contribution in [2.45, 2.75) is 13.0 Å². The van der Waals surface area contributed by atoms with E-state index in [0.29, 0.717) is 34.8 Å². The van der Waals surface area contributed by atoms with E-state index in [2.05, 4.69) is 27.3 Å². The van der Waals surface area contributed by atoms with E-state index in [1.165, 1.54) is 0 Å². The second kappa shape index (κ2) is 10.6. The number of pyridine rings is 1. The Hall–Kier alpha value is -5.64. The number of para-hydroxylation sites is 3. The van der Waals surface area contributed by atoms with Crippen LogP contribution in [0.2, 0.25) is 0 Å². The molecule has 43 heavy (non-hydrogen) atoms. The van der Waals surface area contributed by atoms with Gasteiger partial charge in [-0.2, -0.15) is 9.78 Å². The van der Waals surface area contributed by atoms with Gasteiger partial charge in [0.05, 0.1) is 44.4 Å². The van der Waals surface area contributed by atoms with Crippen LogP contribution in [0.3, 0.4) is 0 Å².